The zero-order valence-corrected chi connectivity index (χ0v) is 20.5. The van der Waals surface area contributed by atoms with Crippen molar-refractivity contribution in [2.24, 2.45) is 33.8 Å². The number of carboxylic acid groups (broad SMARTS) is 1. The third kappa shape index (κ3) is 12.9. The van der Waals surface area contributed by atoms with Gasteiger partial charge in [0.1, 0.15) is 18.1 Å². The van der Waals surface area contributed by atoms with Crippen molar-refractivity contribution in [3.8, 4) is 0 Å². The fourth-order valence-corrected chi connectivity index (χ4v) is 3.09. The minimum atomic E-state index is -1.36. The molecule has 0 aliphatic rings. The van der Waals surface area contributed by atoms with Crippen molar-refractivity contribution in [2.75, 3.05) is 19.7 Å². The van der Waals surface area contributed by atoms with Gasteiger partial charge in [0.15, 0.2) is 5.96 Å². The number of carboxylic acids is 1. The van der Waals surface area contributed by atoms with Crippen molar-refractivity contribution in [3.05, 3.63) is 0 Å². The average Bonchev–Trinajstić information content (AvgIpc) is 2.81. The quantitative estimate of drug-likeness (QED) is 0.0523. The molecule has 3 amide bonds. The number of aliphatic hydroxyl groups is 1. The molecule has 0 aliphatic heterocycles. The van der Waals surface area contributed by atoms with Crippen LogP contribution in [0.2, 0.25) is 0 Å². The maximum atomic E-state index is 12.9. The number of unbranched alkanes of at least 4 members (excludes halogenated alkanes) is 1. The first-order valence-corrected chi connectivity index (χ1v) is 11.7. The van der Waals surface area contributed by atoms with E-state index in [1.165, 1.54) is 0 Å². The molecule has 0 rings (SSSR count). The summed E-state index contributed by atoms with van der Waals surface area (Å²) < 4.78 is 0. The van der Waals surface area contributed by atoms with Gasteiger partial charge >= 0.3 is 5.97 Å². The molecule has 0 saturated heterocycles. The zero-order valence-electron chi connectivity index (χ0n) is 20.5. The lowest BCUT2D eigenvalue weighted by Gasteiger charge is -2.27. The predicted molar refractivity (Wildman–Crippen MR) is 131 cm³/mol. The maximum Gasteiger partial charge on any atom is 0.326 e. The Balaban J connectivity index is 5.16. The van der Waals surface area contributed by atoms with Crippen molar-refractivity contribution in [2.45, 2.75) is 76.5 Å². The van der Waals surface area contributed by atoms with Gasteiger partial charge in [-0.25, -0.2) is 4.79 Å². The average molecular weight is 503 g/mol. The summed E-state index contributed by atoms with van der Waals surface area (Å²) in [5, 5.41) is 26.4. The van der Waals surface area contributed by atoms with Crippen LogP contribution in [0.5, 0.6) is 0 Å². The molecule has 202 valence electrons. The van der Waals surface area contributed by atoms with Gasteiger partial charge in [-0.1, -0.05) is 20.3 Å². The highest BCUT2D eigenvalue weighted by atomic mass is 16.4. The van der Waals surface area contributed by atoms with E-state index >= 15 is 0 Å². The molecule has 0 saturated carbocycles. The zero-order chi connectivity index (χ0) is 27.0. The minimum Gasteiger partial charge on any atom is -0.480 e. The molecule has 0 fully saturated rings. The van der Waals surface area contributed by atoms with Crippen molar-refractivity contribution in [3.63, 3.8) is 0 Å². The van der Waals surface area contributed by atoms with Crippen LogP contribution in [-0.4, -0.2) is 83.7 Å². The number of aliphatic carboxylic acids is 1. The minimum absolute atomic E-state index is 0.0785. The van der Waals surface area contributed by atoms with Crippen LogP contribution in [0.1, 0.15) is 52.4 Å². The molecule has 5 unspecified atom stereocenters. The molecule has 0 aromatic heterocycles. The highest BCUT2D eigenvalue weighted by Gasteiger charge is 2.32. The van der Waals surface area contributed by atoms with E-state index in [2.05, 4.69) is 20.9 Å². The van der Waals surface area contributed by atoms with Gasteiger partial charge < -0.3 is 49.1 Å². The number of hydrogen-bond donors (Lipinski definition) is 9. The third-order valence-electron chi connectivity index (χ3n) is 5.47. The number of carbonyl (C=O) groups is 4. The van der Waals surface area contributed by atoms with Gasteiger partial charge in [0.05, 0.1) is 12.6 Å². The largest absolute Gasteiger partial charge is 0.480 e. The SMILES string of the molecule is CCC(C)C(NC(=O)C(CO)NC(=O)C(N)CCCN=C(N)N)C(=O)NC(CCCCN)C(=O)O. The van der Waals surface area contributed by atoms with Gasteiger partial charge in [-0.15, -0.1) is 0 Å². The Morgan fingerprint density at radius 2 is 1.54 bits per heavy atom. The Bertz CT molecular complexity index is 716. The molecule has 13 N–H and O–H groups in total. The molecule has 14 nitrogen and oxygen atoms in total. The van der Waals surface area contributed by atoms with Crippen LogP contribution in [0.3, 0.4) is 0 Å². The summed E-state index contributed by atoms with van der Waals surface area (Å²) in [4.78, 5) is 53.3. The van der Waals surface area contributed by atoms with E-state index < -0.39 is 54.5 Å². The first-order valence-electron chi connectivity index (χ1n) is 11.7. The number of aliphatic imine (C=N–C) groups is 1. The first kappa shape index (κ1) is 32.0. The highest BCUT2D eigenvalue weighted by Crippen LogP contribution is 2.10. The van der Waals surface area contributed by atoms with Crippen LogP contribution in [0.25, 0.3) is 0 Å². The highest BCUT2D eigenvalue weighted by molar-refractivity contribution is 5.94. The molecule has 0 aromatic rings. The van der Waals surface area contributed by atoms with Crippen molar-refractivity contribution in [1.29, 1.82) is 0 Å². The molecule has 0 bridgehead atoms. The molecular weight excluding hydrogens is 460 g/mol. The molecule has 0 spiro atoms. The van der Waals surface area contributed by atoms with Crippen molar-refractivity contribution >= 4 is 29.7 Å². The monoisotopic (exact) mass is 502 g/mol. The van der Waals surface area contributed by atoms with Crippen molar-refractivity contribution in [1.82, 2.24) is 16.0 Å². The Labute approximate surface area is 205 Å². The number of nitrogens with two attached hydrogens (primary N) is 4. The lowest BCUT2D eigenvalue weighted by atomic mass is 9.97. The summed E-state index contributed by atoms with van der Waals surface area (Å²) >= 11 is 0. The van der Waals surface area contributed by atoms with E-state index in [1.54, 1.807) is 13.8 Å². The van der Waals surface area contributed by atoms with Gasteiger partial charge in [0, 0.05) is 6.54 Å². The number of guanidine groups is 1. The van der Waals surface area contributed by atoms with Crippen LogP contribution < -0.4 is 38.9 Å². The standard InChI is InChI=1S/C21H42N8O6/c1-3-12(2)16(19(33)27-14(20(34)35)8-4-5-9-22)29-18(32)15(11-30)28-17(31)13(23)7-6-10-26-21(24)25/h12-16,30H,3-11,22-23H2,1-2H3,(H,27,33)(H,28,31)(H,29,32)(H,34,35)(H4,24,25,26). The van der Waals surface area contributed by atoms with E-state index in [-0.39, 0.29) is 31.3 Å². The van der Waals surface area contributed by atoms with Gasteiger partial charge in [0.2, 0.25) is 17.7 Å². The number of nitrogens with zero attached hydrogens (tertiary/aromatic N) is 1. The van der Waals surface area contributed by atoms with E-state index in [0.29, 0.717) is 32.2 Å². The molecule has 35 heavy (non-hydrogen) atoms. The fraction of sp³-hybridized carbons (Fsp3) is 0.762. The Morgan fingerprint density at radius 1 is 0.914 bits per heavy atom. The summed E-state index contributed by atoms with van der Waals surface area (Å²) in [6.07, 6.45) is 2.48. The number of rotatable bonds is 18. The molecule has 0 heterocycles. The Hall–Kier alpha value is -2.97. The van der Waals surface area contributed by atoms with Gasteiger partial charge in [-0.2, -0.15) is 0 Å². The first-order chi connectivity index (χ1) is 16.5. The summed E-state index contributed by atoms with van der Waals surface area (Å²) in [6.45, 7) is 3.47. The molecule has 5 atom stereocenters. The second kappa shape index (κ2) is 17.5. The van der Waals surface area contributed by atoms with E-state index in [0.717, 1.165) is 0 Å². The molecule has 0 aliphatic carbocycles. The van der Waals surface area contributed by atoms with E-state index in [9.17, 15) is 29.4 Å². The lowest BCUT2D eigenvalue weighted by molar-refractivity contribution is -0.143. The molecule has 0 aromatic carbocycles. The summed E-state index contributed by atoms with van der Waals surface area (Å²) in [6, 6.07) is -4.54. The number of carbonyl (C=O) groups excluding carboxylic acids is 3. The van der Waals surface area contributed by atoms with Crippen LogP contribution in [0.15, 0.2) is 4.99 Å². The topological polar surface area (TPSA) is 261 Å². The van der Waals surface area contributed by atoms with Gasteiger partial charge in [-0.05, 0) is 44.6 Å². The van der Waals surface area contributed by atoms with E-state index in [1.807, 2.05) is 0 Å². The van der Waals surface area contributed by atoms with Gasteiger partial charge in [-0.3, -0.25) is 19.4 Å². The van der Waals surface area contributed by atoms with Crippen LogP contribution in [0.4, 0.5) is 0 Å². The number of hydrogen-bond acceptors (Lipinski definition) is 8. The Morgan fingerprint density at radius 3 is 2.06 bits per heavy atom. The summed E-state index contributed by atoms with van der Waals surface area (Å²) in [5.41, 5.74) is 21.7. The number of nitrogens with one attached hydrogen (secondary N) is 3. The molecule has 0 radical (unpaired) electrons. The molecular formula is C21H42N8O6. The van der Waals surface area contributed by atoms with Gasteiger partial charge in [0.25, 0.3) is 0 Å². The fourth-order valence-electron chi connectivity index (χ4n) is 3.09. The van der Waals surface area contributed by atoms with Crippen LogP contribution in [0, 0.1) is 5.92 Å². The van der Waals surface area contributed by atoms with Crippen LogP contribution >= 0.6 is 0 Å². The van der Waals surface area contributed by atoms with Crippen molar-refractivity contribution < 1.29 is 29.4 Å². The summed E-state index contributed by atoms with van der Waals surface area (Å²) in [5.74, 6) is -3.77. The second-order valence-electron chi connectivity index (χ2n) is 8.35. The molecule has 14 heteroatoms. The smallest absolute Gasteiger partial charge is 0.326 e. The number of amides is 3. The normalized spacial score (nSPS) is 15.1. The predicted octanol–water partition coefficient (Wildman–Crippen LogP) is -2.93. The van der Waals surface area contributed by atoms with E-state index in [4.69, 9.17) is 22.9 Å². The Kier molecular flexibility index (Phi) is 16.0. The lowest BCUT2D eigenvalue weighted by Crippen LogP contribution is -2.59. The summed E-state index contributed by atoms with van der Waals surface area (Å²) in [7, 11) is 0. The van der Waals surface area contributed by atoms with Crippen LogP contribution in [-0.2, 0) is 19.2 Å². The third-order valence-corrected chi connectivity index (χ3v) is 5.47. The number of aliphatic hydroxyl groups excluding tert-OH is 1. The second-order valence-corrected chi connectivity index (χ2v) is 8.35. The maximum absolute atomic E-state index is 12.9.